The summed E-state index contributed by atoms with van der Waals surface area (Å²) in [6.07, 6.45) is 2.48. The first-order chi connectivity index (χ1) is 13.2. The zero-order valence-electron chi connectivity index (χ0n) is 16.9. The van der Waals surface area contributed by atoms with Crippen LogP contribution in [-0.2, 0) is 4.74 Å². The molecular formula is C20H33FIN5O. The Morgan fingerprint density at radius 3 is 2.54 bits per heavy atom. The van der Waals surface area contributed by atoms with E-state index in [0.29, 0.717) is 6.04 Å². The Morgan fingerprint density at radius 1 is 1.18 bits per heavy atom. The summed E-state index contributed by atoms with van der Waals surface area (Å²) in [7, 11) is 3.61. The molecule has 0 saturated carbocycles. The molecule has 28 heavy (non-hydrogen) atoms. The molecule has 0 bridgehead atoms. The number of hydrogen-bond acceptors (Lipinski definition) is 4. The monoisotopic (exact) mass is 505 g/mol. The van der Waals surface area contributed by atoms with Gasteiger partial charge in [-0.2, -0.15) is 0 Å². The molecule has 2 fully saturated rings. The van der Waals surface area contributed by atoms with Crippen molar-refractivity contribution in [2.75, 3.05) is 71.5 Å². The van der Waals surface area contributed by atoms with Gasteiger partial charge >= 0.3 is 0 Å². The maximum Gasteiger partial charge on any atom is 0.193 e. The van der Waals surface area contributed by atoms with Gasteiger partial charge in [-0.1, -0.05) is 0 Å². The smallest absolute Gasteiger partial charge is 0.193 e. The van der Waals surface area contributed by atoms with Gasteiger partial charge in [0, 0.05) is 65.2 Å². The number of aliphatic imine (C=N–C) groups is 1. The van der Waals surface area contributed by atoms with Crippen molar-refractivity contribution in [3.8, 4) is 0 Å². The molecule has 1 aromatic carbocycles. The maximum atomic E-state index is 13.1. The number of likely N-dealkylation sites (tertiary alicyclic amines) is 1. The van der Waals surface area contributed by atoms with Gasteiger partial charge in [0.1, 0.15) is 5.82 Å². The summed E-state index contributed by atoms with van der Waals surface area (Å²) in [5.74, 6) is 0.792. The van der Waals surface area contributed by atoms with Crippen LogP contribution in [-0.4, -0.2) is 88.4 Å². The molecule has 6 nitrogen and oxygen atoms in total. The Kier molecular flexibility index (Phi) is 9.73. The van der Waals surface area contributed by atoms with E-state index in [-0.39, 0.29) is 29.8 Å². The van der Waals surface area contributed by atoms with Crippen molar-refractivity contribution in [1.29, 1.82) is 0 Å². The molecule has 1 atom stereocenters. The molecule has 2 aliphatic heterocycles. The van der Waals surface area contributed by atoms with Crippen LogP contribution in [0.4, 0.5) is 10.1 Å². The lowest BCUT2D eigenvalue weighted by Gasteiger charge is -2.38. The largest absolute Gasteiger partial charge is 0.383 e. The quantitative estimate of drug-likeness (QED) is 0.365. The number of nitrogens with zero attached hydrogens (tertiary/aromatic N) is 4. The number of benzene rings is 1. The first-order valence-electron chi connectivity index (χ1n) is 9.90. The van der Waals surface area contributed by atoms with Crippen LogP contribution in [0.2, 0.25) is 0 Å². The lowest BCUT2D eigenvalue weighted by molar-refractivity contribution is 0.141. The highest BCUT2D eigenvalue weighted by atomic mass is 127. The Labute approximate surface area is 185 Å². The fourth-order valence-corrected chi connectivity index (χ4v) is 4.00. The molecule has 0 spiro atoms. The molecule has 0 aliphatic carbocycles. The van der Waals surface area contributed by atoms with E-state index >= 15 is 0 Å². The number of anilines is 1. The third-order valence-electron chi connectivity index (χ3n) is 5.56. The van der Waals surface area contributed by atoms with E-state index in [0.717, 1.165) is 64.1 Å². The average molecular weight is 505 g/mol. The third-order valence-corrected chi connectivity index (χ3v) is 5.56. The molecule has 1 aromatic rings. The standard InChI is InChI=1S/C20H32FN5O.HI/c1-22-20(23-16-19-4-3-9-24(19)14-15-27-2)26-12-10-25(11-13-26)18-7-5-17(21)6-8-18;/h5-8,19H,3-4,9-16H2,1-2H3,(H,22,23);1H. The molecule has 2 aliphatic rings. The normalized spacial score (nSPS) is 21.0. The number of nitrogens with one attached hydrogen (secondary N) is 1. The molecule has 3 rings (SSSR count). The van der Waals surface area contributed by atoms with Crippen molar-refractivity contribution < 1.29 is 9.13 Å². The van der Waals surface area contributed by atoms with Crippen molar-refractivity contribution in [1.82, 2.24) is 15.1 Å². The Morgan fingerprint density at radius 2 is 1.89 bits per heavy atom. The summed E-state index contributed by atoms with van der Waals surface area (Å²) in [5.41, 5.74) is 1.08. The van der Waals surface area contributed by atoms with Crippen LogP contribution in [0.15, 0.2) is 29.3 Å². The molecule has 2 heterocycles. The van der Waals surface area contributed by atoms with Gasteiger partial charge in [-0.25, -0.2) is 4.39 Å². The van der Waals surface area contributed by atoms with Crippen LogP contribution in [0.1, 0.15) is 12.8 Å². The molecule has 8 heteroatoms. The van der Waals surface area contributed by atoms with Crippen LogP contribution in [0.25, 0.3) is 0 Å². The van der Waals surface area contributed by atoms with Crippen LogP contribution < -0.4 is 10.2 Å². The molecule has 0 amide bonds. The van der Waals surface area contributed by atoms with E-state index in [1.54, 1.807) is 7.11 Å². The van der Waals surface area contributed by atoms with Crippen LogP contribution >= 0.6 is 24.0 Å². The number of rotatable bonds is 6. The van der Waals surface area contributed by atoms with Crippen molar-refractivity contribution in [2.45, 2.75) is 18.9 Å². The molecular weight excluding hydrogens is 472 g/mol. The fraction of sp³-hybridized carbons (Fsp3) is 0.650. The molecule has 158 valence electrons. The van der Waals surface area contributed by atoms with Crippen molar-refractivity contribution >= 4 is 35.6 Å². The van der Waals surface area contributed by atoms with E-state index in [2.05, 4.69) is 25.0 Å². The SMILES string of the molecule is CN=C(NCC1CCCN1CCOC)N1CCN(c2ccc(F)cc2)CC1.I. The van der Waals surface area contributed by atoms with Gasteiger partial charge in [0.2, 0.25) is 0 Å². The third kappa shape index (κ3) is 6.18. The zero-order chi connectivity index (χ0) is 19.1. The van der Waals surface area contributed by atoms with E-state index in [1.165, 1.54) is 25.0 Å². The predicted molar refractivity (Wildman–Crippen MR) is 123 cm³/mol. The van der Waals surface area contributed by atoms with Gasteiger partial charge in [0.15, 0.2) is 5.96 Å². The lowest BCUT2D eigenvalue weighted by atomic mass is 10.2. The van der Waals surface area contributed by atoms with Gasteiger partial charge in [-0.05, 0) is 43.7 Å². The highest BCUT2D eigenvalue weighted by molar-refractivity contribution is 14.0. The second-order valence-electron chi connectivity index (χ2n) is 7.20. The highest BCUT2D eigenvalue weighted by Crippen LogP contribution is 2.18. The topological polar surface area (TPSA) is 43.3 Å². The Hall–Kier alpha value is -1.13. The van der Waals surface area contributed by atoms with Gasteiger partial charge in [0.25, 0.3) is 0 Å². The Balaban J connectivity index is 0.00000280. The first-order valence-corrected chi connectivity index (χ1v) is 9.90. The van der Waals surface area contributed by atoms with Crippen molar-refractivity contribution in [3.05, 3.63) is 30.1 Å². The van der Waals surface area contributed by atoms with Gasteiger partial charge in [0.05, 0.1) is 6.61 Å². The number of ether oxygens (including phenoxy) is 1. The van der Waals surface area contributed by atoms with Gasteiger partial charge in [-0.3, -0.25) is 9.89 Å². The number of hydrogen-bond donors (Lipinski definition) is 1. The second-order valence-corrected chi connectivity index (χ2v) is 7.20. The molecule has 1 unspecified atom stereocenters. The fourth-order valence-electron chi connectivity index (χ4n) is 4.00. The molecule has 1 N–H and O–H groups in total. The zero-order valence-corrected chi connectivity index (χ0v) is 19.3. The van der Waals surface area contributed by atoms with Crippen molar-refractivity contribution in [2.24, 2.45) is 4.99 Å². The van der Waals surface area contributed by atoms with E-state index < -0.39 is 0 Å². The number of halogens is 2. The predicted octanol–water partition coefficient (Wildman–Crippen LogP) is 2.25. The Bertz CT molecular complexity index is 607. The molecule has 0 radical (unpaired) electrons. The van der Waals surface area contributed by atoms with Gasteiger partial charge < -0.3 is 19.9 Å². The number of methoxy groups -OCH3 is 1. The average Bonchev–Trinajstić information content (AvgIpc) is 3.15. The van der Waals surface area contributed by atoms with Crippen molar-refractivity contribution in [3.63, 3.8) is 0 Å². The second kappa shape index (κ2) is 11.8. The first kappa shape index (κ1) is 23.2. The summed E-state index contributed by atoms with van der Waals surface area (Å²) in [5, 5.41) is 3.57. The van der Waals surface area contributed by atoms with Crippen LogP contribution in [0.3, 0.4) is 0 Å². The highest BCUT2D eigenvalue weighted by Gasteiger charge is 2.25. The van der Waals surface area contributed by atoms with Gasteiger partial charge in [-0.15, -0.1) is 24.0 Å². The summed E-state index contributed by atoms with van der Waals surface area (Å²) in [6, 6.07) is 7.31. The number of guanidine groups is 1. The van der Waals surface area contributed by atoms with E-state index in [1.807, 2.05) is 19.2 Å². The maximum absolute atomic E-state index is 13.1. The number of piperazine rings is 1. The molecule has 2 saturated heterocycles. The molecule has 0 aromatic heterocycles. The van der Waals surface area contributed by atoms with E-state index in [4.69, 9.17) is 4.74 Å². The van der Waals surface area contributed by atoms with Crippen LogP contribution in [0.5, 0.6) is 0 Å². The summed E-state index contributed by atoms with van der Waals surface area (Å²) < 4.78 is 18.3. The minimum atomic E-state index is -0.187. The summed E-state index contributed by atoms with van der Waals surface area (Å²) in [4.78, 5) is 11.6. The minimum Gasteiger partial charge on any atom is -0.383 e. The minimum absolute atomic E-state index is 0. The summed E-state index contributed by atoms with van der Waals surface area (Å²) >= 11 is 0. The van der Waals surface area contributed by atoms with Crippen LogP contribution in [0, 0.1) is 5.82 Å². The van der Waals surface area contributed by atoms with E-state index in [9.17, 15) is 4.39 Å². The summed E-state index contributed by atoms with van der Waals surface area (Å²) in [6.45, 7) is 7.52. The lowest BCUT2D eigenvalue weighted by Crippen LogP contribution is -2.54.